The molecule has 0 aliphatic carbocycles. The lowest BCUT2D eigenvalue weighted by atomic mass is 10.1. The van der Waals surface area contributed by atoms with E-state index in [1.54, 1.807) is 0 Å². The Morgan fingerprint density at radius 2 is 1.92 bits per heavy atom. The molecular formula is C19H24N4O2. The minimum Gasteiger partial charge on any atom is -0.381 e. The van der Waals surface area contributed by atoms with E-state index in [0.717, 1.165) is 56.0 Å². The predicted octanol–water partition coefficient (Wildman–Crippen LogP) is 2.28. The number of amides is 1. The Labute approximate surface area is 147 Å². The van der Waals surface area contributed by atoms with E-state index in [0.29, 0.717) is 6.04 Å². The van der Waals surface area contributed by atoms with Gasteiger partial charge in [-0.25, -0.2) is 0 Å². The lowest BCUT2D eigenvalue weighted by molar-refractivity contribution is -0.131. The Bertz CT molecular complexity index is 737. The van der Waals surface area contributed by atoms with Gasteiger partial charge in [-0.15, -0.1) is 0 Å². The van der Waals surface area contributed by atoms with Crippen LogP contribution in [0, 0.1) is 0 Å². The van der Waals surface area contributed by atoms with Crippen molar-refractivity contribution < 1.29 is 9.53 Å². The van der Waals surface area contributed by atoms with Gasteiger partial charge in [-0.2, -0.15) is 5.10 Å². The molecule has 2 aliphatic heterocycles. The lowest BCUT2D eigenvalue weighted by Gasteiger charge is -2.31. The Balaban J connectivity index is 1.51. The fourth-order valence-electron chi connectivity index (χ4n) is 3.86. The smallest absolute Gasteiger partial charge is 0.245 e. The van der Waals surface area contributed by atoms with Gasteiger partial charge in [0.15, 0.2) is 0 Å². The van der Waals surface area contributed by atoms with Crippen LogP contribution in [0.2, 0.25) is 0 Å². The van der Waals surface area contributed by atoms with Gasteiger partial charge in [0, 0.05) is 38.4 Å². The molecule has 0 radical (unpaired) electrons. The summed E-state index contributed by atoms with van der Waals surface area (Å²) >= 11 is 0. The van der Waals surface area contributed by atoms with Crippen molar-refractivity contribution in [3.63, 3.8) is 0 Å². The number of carbonyl (C=O) groups is 1. The van der Waals surface area contributed by atoms with Gasteiger partial charge in [0.05, 0.1) is 17.6 Å². The summed E-state index contributed by atoms with van der Waals surface area (Å²) in [6.45, 7) is 2.34. The number of nitrogens with zero attached hydrogens (tertiary/aromatic N) is 3. The molecular weight excluding hydrogens is 316 g/mol. The van der Waals surface area contributed by atoms with Gasteiger partial charge in [0.25, 0.3) is 0 Å². The summed E-state index contributed by atoms with van der Waals surface area (Å²) in [4.78, 5) is 14.9. The zero-order valence-corrected chi connectivity index (χ0v) is 14.5. The molecule has 4 rings (SSSR count). The second-order valence-electron chi connectivity index (χ2n) is 6.76. The number of nitrogens with one attached hydrogen (secondary N) is 1. The molecule has 6 nitrogen and oxygen atoms in total. The molecule has 6 heteroatoms. The number of ether oxygens (including phenoxy) is 1. The van der Waals surface area contributed by atoms with Crippen molar-refractivity contribution in [2.45, 2.75) is 31.3 Å². The van der Waals surface area contributed by atoms with Crippen molar-refractivity contribution in [2.24, 2.45) is 7.05 Å². The van der Waals surface area contributed by atoms with Gasteiger partial charge >= 0.3 is 0 Å². The van der Waals surface area contributed by atoms with Crippen LogP contribution in [0.3, 0.4) is 0 Å². The number of aryl methyl sites for hydroxylation is 1. The van der Waals surface area contributed by atoms with Gasteiger partial charge in [-0.1, -0.05) is 30.3 Å². The molecule has 1 aromatic carbocycles. The molecule has 1 atom stereocenters. The van der Waals surface area contributed by atoms with Crippen molar-refractivity contribution in [1.29, 1.82) is 0 Å². The van der Waals surface area contributed by atoms with Gasteiger partial charge in [0.1, 0.15) is 6.04 Å². The highest BCUT2D eigenvalue weighted by Gasteiger charge is 2.36. The Morgan fingerprint density at radius 1 is 1.16 bits per heavy atom. The van der Waals surface area contributed by atoms with Crippen molar-refractivity contribution in [1.82, 2.24) is 14.7 Å². The summed E-state index contributed by atoms with van der Waals surface area (Å²) in [7, 11) is 1.93. The molecule has 1 amide bonds. The van der Waals surface area contributed by atoms with Crippen LogP contribution >= 0.6 is 0 Å². The molecule has 0 spiro atoms. The van der Waals surface area contributed by atoms with E-state index in [4.69, 9.17) is 4.74 Å². The van der Waals surface area contributed by atoms with E-state index in [-0.39, 0.29) is 11.9 Å². The molecule has 0 saturated carbocycles. The van der Waals surface area contributed by atoms with Crippen molar-refractivity contribution in [2.75, 3.05) is 25.1 Å². The molecule has 2 saturated heterocycles. The average Bonchev–Trinajstić information content (AvgIpc) is 3.20. The van der Waals surface area contributed by atoms with Gasteiger partial charge in [-0.3, -0.25) is 9.48 Å². The molecule has 2 aliphatic rings. The monoisotopic (exact) mass is 340 g/mol. The third-order valence-corrected chi connectivity index (χ3v) is 5.19. The number of anilines is 1. The molecule has 1 aromatic heterocycles. The van der Waals surface area contributed by atoms with Crippen molar-refractivity contribution >= 4 is 11.6 Å². The summed E-state index contributed by atoms with van der Waals surface area (Å²) in [6.07, 6.45) is 4.53. The number of hydrogen-bond acceptors (Lipinski definition) is 4. The molecule has 25 heavy (non-hydrogen) atoms. The summed E-state index contributed by atoms with van der Waals surface area (Å²) in [6, 6.07) is 10.3. The maximum atomic E-state index is 12.9. The molecule has 2 aromatic rings. The van der Waals surface area contributed by atoms with E-state index in [1.807, 2.05) is 41.0 Å². The number of likely N-dealkylation sites (tertiary alicyclic amines) is 1. The highest BCUT2D eigenvalue weighted by atomic mass is 16.5. The van der Waals surface area contributed by atoms with Gasteiger partial charge in [-0.05, 0) is 19.3 Å². The lowest BCUT2D eigenvalue weighted by Crippen LogP contribution is -2.43. The first-order chi connectivity index (χ1) is 12.2. The van der Waals surface area contributed by atoms with E-state index in [2.05, 4.69) is 22.5 Å². The molecule has 3 heterocycles. The number of benzene rings is 1. The predicted molar refractivity (Wildman–Crippen MR) is 96.2 cm³/mol. The fourth-order valence-corrected chi connectivity index (χ4v) is 3.86. The van der Waals surface area contributed by atoms with Crippen LogP contribution < -0.4 is 5.32 Å². The number of hydrogen-bond donors (Lipinski definition) is 1. The van der Waals surface area contributed by atoms with Crippen LogP contribution in [0.15, 0.2) is 36.5 Å². The summed E-state index contributed by atoms with van der Waals surface area (Å²) in [5, 5.41) is 7.82. The maximum Gasteiger partial charge on any atom is 0.245 e. The second-order valence-corrected chi connectivity index (χ2v) is 6.76. The van der Waals surface area contributed by atoms with Crippen molar-refractivity contribution in [3.8, 4) is 11.3 Å². The molecule has 0 bridgehead atoms. The third-order valence-electron chi connectivity index (χ3n) is 5.19. The van der Waals surface area contributed by atoms with Gasteiger partial charge in [0.2, 0.25) is 5.91 Å². The maximum absolute atomic E-state index is 12.9. The Hall–Kier alpha value is -2.34. The molecule has 2 fully saturated rings. The first kappa shape index (κ1) is 16.1. The number of rotatable bonds is 4. The van der Waals surface area contributed by atoms with Gasteiger partial charge < -0.3 is 15.0 Å². The largest absolute Gasteiger partial charge is 0.381 e. The van der Waals surface area contributed by atoms with E-state index < -0.39 is 0 Å². The van der Waals surface area contributed by atoms with Crippen LogP contribution in [-0.4, -0.2) is 52.4 Å². The minimum absolute atomic E-state index is 0.172. The number of carbonyl (C=O) groups excluding carboxylic acids is 1. The first-order valence-electron chi connectivity index (χ1n) is 8.96. The Kier molecular flexibility index (Phi) is 4.44. The topological polar surface area (TPSA) is 59.4 Å². The minimum atomic E-state index is -0.172. The third kappa shape index (κ3) is 3.14. The molecule has 1 unspecified atom stereocenters. The Morgan fingerprint density at radius 3 is 2.68 bits per heavy atom. The van der Waals surface area contributed by atoms with Crippen LogP contribution in [0.1, 0.15) is 19.3 Å². The van der Waals surface area contributed by atoms with E-state index >= 15 is 0 Å². The van der Waals surface area contributed by atoms with Crippen LogP contribution in [0.5, 0.6) is 0 Å². The van der Waals surface area contributed by atoms with E-state index in [1.165, 1.54) is 0 Å². The fraction of sp³-hybridized carbons (Fsp3) is 0.474. The average molecular weight is 340 g/mol. The van der Waals surface area contributed by atoms with E-state index in [9.17, 15) is 4.79 Å². The quantitative estimate of drug-likeness (QED) is 0.928. The highest BCUT2D eigenvalue weighted by molar-refractivity contribution is 5.88. The summed E-state index contributed by atoms with van der Waals surface area (Å²) in [5.41, 5.74) is 3.02. The zero-order chi connectivity index (χ0) is 17.2. The highest BCUT2D eigenvalue weighted by Crippen LogP contribution is 2.30. The van der Waals surface area contributed by atoms with Crippen LogP contribution in [0.25, 0.3) is 11.3 Å². The second kappa shape index (κ2) is 6.88. The van der Waals surface area contributed by atoms with Crippen LogP contribution in [0.4, 0.5) is 5.69 Å². The van der Waals surface area contributed by atoms with Crippen molar-refractivity contribution in [3.05, 3.63) is 36.5 Å². The molecule has 132 valence electrons. The number of aromatic nitrogens is 2. The molecule has 1 N–H and O–H groups in total. The standard InChI is InChI=1S/C19H24N4O2/c1-22-18(14-5-3-2-4-6-14)17(13-20-22)21-16-7-10-23(19(16)24)15-8-11-25-12-9-15/h2-6,13,15-16,21H,7-12H2,1H3. The van der Waals surface area contributed by atoms with Crippen LogP contribution in [-0.2, 0) is 16.6 Å². The summed E-state index contributed by atoms with van der Waals surface area (Å²) < 4.78 is 7.27. The zero-order valence-electron chi connectivity index (χ0n) is 14.5. The SMILES string of the molecule is Cn1ncc(NC2CCN(C3CCOCC3)C2=O)c1-c1ccccc1. The normalized spacial score (nSPS) is 21.7. The summed E-state index contributed by atoms with van der Waals surface area (Å²) in [5.74, 6) is 0.203. The first-order valence-corrected chi connectivity index (χ1v) is 8.96.